The van der Waals surface area contributed by atoms with Gasteiger partial charge in [0.25, 0.3) is 5.69 Å². The number of ether oxygens (including phenoxy) is 1. The van der Waals surface area contributed by atoms with Crippen LogP contribution in [0.3, 0.4) is 0 Å². The van der Waals surface area contributed by atoms with E-state index in [1.54, 1.807) is 20.1 Å². The molecule has 0 aromatic heterocycles. The Kier molecular flexibility index (Phi) is 4.53. The maximum atomic E-state index is 10.7. The Labute approximate surface area is 111 Å². The van der Waals surface area contributed by atoms with Crippen molar-refractivity contribution in [1.82, 2.24) is 0 Å². The third-order valence-electron chi connectivity index (χ3n) is 2.75. The highest BCUT2D eigenvalue weighted by Crippen LogP contribution is 2.30. The van der Waals surface area contributed by atoms with Crippen molar-refractivity contribution in [3.63, 3.8) is 0 Å². The molecule has 0 spiro atoms. The topological polar surface area (TPSA) is 64.4 Å². The molecule has 0 heterocycles. The second kappa shape index (κ2) is 5.54. The fraction of sp³-hybridized carbons (Fsp3) is 0.500. The molecule has 0 atom stereocenters. The van der Waals surface area contributed by atoms with Crippen molar-refractivity contribution in [3.05, 3.63) is 32.8 Å². The smallest absolute Gasteiger partial charge is 0.288 e. The van der Waals surface area contributed by atoms with Crippen LogP contribution in [0.4, 0.5) is 11.4 Å². The highest BCUT2D eigenvalue weighted by molar-refractivity contribution is 6.33. The van der Waals surface area contributed by atoms with E-state index in [0.29, 0.717) is 6.54 Å². The highest BCUT2D eigenvalue weighted by atomic mass is 35.5. The summed E-state index contributed by atoms with van der Waals surface area (Å²) in [5, 5.41) is 14.0. The summed E-state index contributed by atoms with van der Waals surface area (Å²) >= 11 is 5.87. The third-order valence-corrected chi connectivity index (χ3v) is 3.05. The number of anilines is 1. The van der Waals surface area contributed by atoms with Gasteiger partial charge in [0.1, 0.15) is 5.02 Å². The maximum absolute atomic E-state index is 10.7. The zero-order valence-electron chi connectivity index (χ0n) is 10.9. The zero-order valence-corrected chi connectivity index (χ0v) is 11.7. The van der Waals surface area contributed by atoms with Crippen molar-refractivity contribution in [3.8, 4) is 0 Å². The lowest BCUT2D eigenvalue weighted by Gasteiger charge is -2.24. The van der Waals surface area contributed by atoms with Crippen molar-refractivity contribution >= 4 is 23.0 Å². The van der Waals surface area contributed by atoms with Gasteiger partial charge in [0.15, 0.2) is 0 Å². The van der Waals surface area contributed by atoms with Crippen LogP contribution in [-0.4, -0.2) is 24.2 Å². The summed E-state index contributed by atoms with van der Waals surface area (Å²) in [6.07, 6.45) is 0. The molecule has 0 radical (unpaired) electrons. The van der Waals surface area contributed by atoms with Gasteiger partial charge in [0.05, 0.1) is 10.5 Å². The molecule has 0 fully saturated rings. The summed E-state index contributed by atoms with van der Waals surface area (Å²) in [6, 6.07) is 3.03. The lowest BCUT2D eigenvalue weighted by Crippen LogP contribution is -2.32. The Bertz CT molecular complexity index is 461. The van der Waals surface area contributed by atoms with Gasteiger partial charge in [-0.1, -0.05) is 11.6 Å². The van der Waals surface area contributed by atoms with Gasteiger partial charge in [-0.3, -0.25) is 10.1 Å². The Morgan fingerprint density at radius 2 is 2.11 bits per heavy atom. The quantitative estimate of drug-likeness (QED) is 0.659. The molecule has 100 valence electrons. The van der Waals surface area contributed by atoms with E-state index in [1.807, 2.05) is 13.8 Å². The molecule has 5 nitrogen and oxygen atoms in total. The first kappa shape index (κ1) is 14.7. The van der Waals surface area contributed by atoms with Crippen molar-refractivity contribution < 1.29 is 9.66 Å². The molecule has 0 amide bonds. The molecule has 0 aliphatic heterocycles. The van der Waals surface area contributed by atoms with Gasteiger partial charge in [-0.05, 0) is 32.4 Å². The van der Waals surface area contributed by atoms with Gasteiger partial charge in [-0.15, -0.1) is 0 Å². The number of nitrogens with one attached hydrogen (secondary N) is 1. The number of rotatable bonds is 5. The SMILES string of the molecule is COC(C)(C)CNc1cc(Cl)c([N+](=O)[O-])cc1C. The van der Waals surface area contributed by atoms with E-state index >= 15 is 0 Å². The standard InChI is InChI=1S/C12H17ClN2O3/c1-8-5-11(15(16)17)9(13)6-10(8)14-7-12(2,3)18-4/h5-6,14H,7H2,1-4H3. The first-order chi connectivity index (χ1) is 8.26. The average molecular weight is 273 g/mol. The summed E-state index contributed by atoms with van der Waals surface area (Å²) in [5.41, 5.74) is 1.15. The molecule has 6 heteroatoms. The molecule has 0 aliphatic rings. The zero-order chi connectivity index (χ0) is 13.9. The van der Waals surface area contributed by atoms with Crippen LogP contribution >= 0.6 is 11.6 Å². The minimum Gasteiger partial charge on any atom is -0.382 e. The number of nitro groups is 1. The summed E-state index contributed by atoms with van der Waals surface area (Å²) in [5.74, 6) is 0. The molecule has 0 saturated heterocycles. The van der Waals surface area contributed by atoms with Crippen LogP contribution in [0.25, 0.3) is 0 Å². The average Bonchev–Trinajstić information content (AvgIpc) is 2.29. The predicted molar refractivity (Wildman–Crippen MR) is 72.4 cm³/mol. The van der Waals surface area contributed by atoms with E-state index in [1.165, 1.54) is 6.07 Å². The monoisotopic (exact) mass is 272 g/mol. The van der Waals surface area contributed by atoms with Gasteiger partial charge in [0, 0.05) is 25.4 Å². The van der Waals surface area contributed by atoms with Crippen LogP contribution in [0.1, 0.15) is 19.4 Å². The first-order valence-corrected chi connectivity index (χ1v) is 5.88. The highest BCUT2D eigenvalue weighted by Gasteiger charge is 2.18. The fourth-order valence-corrected chi connectivity index (χ4v) is 1.61. The normalized spacial score (nSPS) is 11.4. The van der Waals surface area contributed by atoms with Crippen molar-refractivity contribution in [1.29, 1.82) is 0 Å². The minimum atomic E-state index is -0.488. The van der Waals surface area contributed by atoms with Crippen molar-refractivity contribution in [2.75, 3.05) is 19.0 Å². The van der Waals surface area contributed by atoms with Crippen molar-refractivity contribution in [2.24, 2.45) is 0 Å². The number of hydrogen-bond donors (Lipinski definition) is 1. The Morgan fingerprint density at radius 3 is 2.61 bits per heavy atom. The molecular formula is C12H17ClN2O3. The van der Waals surface area contributed by atoms with E-state index in [0.717, 1.165) is 11.3 Å². The number of hydrogen-bond acceptors (Lipinski definition) is 4. The largest absolute Gasteiger partial charge is 0.382 e. The number of halogens is 1. The van der Waals surface area contributed by atoms with Crippen molar-refractivity contribution in [2.45, 2.75) is 26.4 Å². The molecule has 0 unspecified atom stereocenters. The Morgan fingerprint density at radius 1 is 1.50 bits per heavy atom. The molecule has 0 saturated carbocycles. The van der Waals surface area contributed by atoms with Gasteiger partial charge < -0.3 is 10.1 Å². The van der Waals surface area contributed by atoms with E-state index in [4.69, 9.17) is 16.3 Å². The molecule has 0 bridgehead atoms. The summed E-state index contributed by atoms with van der Waals surface area (Å²) in [7, 11) is 1.64. The van der Waals surface area contributed by atoms with Gasteiger partial charge in [-0.25, -0.2) is 0 Å². The maximum Gasteiger partial charge on any atom is 0.288 e. The van der Waals surface area contributed by atoms with Gasteiger partial charge in [0.2, 0.25) is 0 Å². The lowest BCUT2D eigenvalue weighted by atomic mass is 10.1. The number of benzene rings is 1. The van der Waals surface area contributed by atoms with Crippen LogP contribution in [0.15, 0.2) is 12.1 Å². The van der Waals surface area contributed by atoms with Crippen LogP contribution in [-0.2, 0) is 4.74 Å². The third kappa shape index (κ3) is 3.58. The van der Waals surface area contributed by atoms with E-state index in [-0.39, 0.29) is 16.3 Å². The molecule has 0 aliphatic carbocycles. The summed E-state index contributed by atoms with van der Waals surface area (Å²) in [4.78, 5) is 10.2. The first-order valence-electron chi connectivity index (χ1n) is 5.50. The fourth-order valence-electron chi connectivity index (χ4n) is 1.38. The van der Waals surface area contributed by atoms with Crippen LogP contribution in [0, 0.1) is 17.0 Å². The summed E-state index contributed by atoms with van der Waals surface area (Å²) < 4.78 is 5.29. The molecule has 18 heavy (non-hydrogen) atoms. The minimum absolute atomic E-state index is 0.0780. The lowest BCUT2D eigenvalue weighted by molar-refractivity contribution is -0.384. The predicted octanol–water partition coefficient (Wildman–Crippen LogP) is 3.39. The number of nitro benzene ring substituents is 1. The van der Waals surface area contributed by atoms with E-state index in [9.17, 15) is 10.1 Å². The van der Waals surface area contributed by atoms with Crippen LogP contribution in [0.5, 0.6) is 0 Å². The van der Waals surface area contributed by atoms with E-state index < -0.39 is 4.92 Å². The molecule has 1 N–H and O–H groups in total. The molecular weight excluding hydrogens is 256 g/mol. The number of nitrogens with zero attached hydrogens (tertiary/aromatic N) is 1. The van der Waals surface area contributed by atoms with Gasteiger partial charge >= 0.3 is 0 Å². The molecule has 1 aromatic carbocycles. The van der Waals surface area contributed by atoms with Crippen LogP contribution in [0.2, 0.25) is 5.02 Å². The van der Waals surface area contributed by atoms with Crippen LogP contribution < -0.4 is 5.32 Å². The number of methoxy groups -OCH3 is 1. The Hall–Kier alpha value is -1.33. The second-order valence-electron chi connectivity index (χ2n) is 4.69. The Balaban J connectivity index is 2.92. The summed E-state index contributed by atoms with van der Waals surface area (Å²) in [6.45, 7) is 6.27. The second-order valence-corrected chi connectivity index (χ2v) is 5.10. The number of aryl methyl sites for hydroxylation is 1. The van der Waals surface area contributed by atoms with Gasteiger partial charge in [-0.2, -0.15) is 0 Å². The molecule has 1 rings (SSSR count). The van der Waals surface area contributed by atoms with E-state index in [2.05, 4.69) is 5.32 Å². The molecule has 1 aromatic rings.